The van der Waals surface area contributed by atoms with Gasteiger partial charge in [0, 0.05) is 12.8 Å². The second-order valence-corrected chi connectivity index (χ2v) is 7.25. The lowest BCUT2D eigenvalue weighted by Gasteiger charge is -2.24. The highest BCUT2D eigenvalue weighted by Gasteiger charge is 2.29. The van der Waals surface area contributed by atoms with Crippen molar-refractivity contribution in [3.8, 4) is 5.75 Å². The summed E-state index contributed by atoms with van der Waals surface area (Å²) in [5, 5.41) is 23.7. The van der Waals surface area contributed by atoms with E-state index < -0.39 is 41.8 Å². The van der Waals surface area contributed by atoms with Crippen LogP contribution in [-0.2, 0) is 25.6 Å². The second-order valence-electron chi connectivity index (χ2n) is 7.25. The third kappa shape index (κ3) is 8.08. The number of primary amides is 1. The molecular weight excluding hydrogens is 392 g/mol. The number of phenols is 1. The minimum atomic E-state index is -1.28. The third-order valence-electron chi connectivity index (χ3n) is 4.86. The first kappa shape index (κ1) is 24.9. The van der Waals surface area contributed by atoms with Crippen LogP contribution in [-0.4, -0.2) is 52.0 Å². The molecule has 0 heterocycles. The molecule has 0 aliphatic carbocycles. The Bertz CT molecular complexity index is 752. The van der Waals surface area contributed by atoms with Gasteiger partial charge in [-0.3, -0.25) is 14.4 Å². The molecule has 0 fully saturated rings. The van der Waals surface area contributed by atoms with Gasteiger partial charge in [0.1, 0.15) is 17.8 Å². The van der Waals surface area contributed by atoms with Gasteiger partial charge in [-0.05, 0) is 30.0 Å². The zero-order valence-corrected chi connectivity index (χ0v) is 17.1. The zero-order chi connectivity index (χ0) is 22.8. The number of carbonyl (C=O) groups excluding carboxylic acids is 3. The molecule has 166 valence electrons. The van der Waals surface area contributed by atoms with Gasteiger partial charge in [0.2, 0.25) is 17.7 Å². The molecular formula is C20H30N4O6. The summed E-state index contributed by atoms with van der Waals surface area (Å²) in [7, 11) is 0. The van der Waals surface area contributed by atoms with Crippen molar-refractivity contribution in [1.29, 1.82) is 0 Å². The highest BCUT2D eigenvalue weighted by molar-refractivity contribution is 5.92. The molecule has 0 aliphatic rings. The van der Waals surface area contributed by atoms with Crippen LogP contribution < -0.4 is 22.1 Å². The topological polar surface area (TPSA) is 185 Å². The summed E-state index contributed by atoms with van der Waals surface area (Å²) in [4.78, 5) is 47.8. The summed E-state index contributed by atoms with van der Waals surface area (Å²) < 4.78 is 0. The Balaban J connectivity index is 2.91. The molecule has 4 atom stereocenters. The van der Waals surface area contributed by atoms with Gasteiger partial charge in [-0.2, -0.15) is 0 Å². The monoisotopic (exact) mass is 422 g/mol. The maximum atomic E-state index is 12.7. The van der Waals surface area contributed by atoms with Crippen LogP contribution in [0.3, 0.4) is 0 Å². The highest BCUT2D eigenvalue weighted by atomic mass is 16.4. The molecule has 3 amide bonds. The van der Waals surface area contributed by atoms with Gasteiger partial charge in [-0.15, -0.1) is 0 Å². The number of amides is 3. The zero-order valence-electron chi connectivity index (χ0n) is 17.1. The quantitative estimate of drug-likeness (QED) is 0.265. The van der Waals surface area contributed by atoms with Crippen molar-refractivity contribution in [2.75, 3.05) is 0 Å². The molecule has 1 aromatic carbocycles. The molecule has 30 heavy (non-hydrogen) atoms. The van der Waals surface area contributed by atoms with Crippen LogP contribution in [0.25, 0.3) is 0 Å². The van der Waals surface area contributed by atoms with E-state index in [-0.39, 0.29) is 30.9 Å². The van der Waals surface area contributed by atoms with Crippen molar-refractivity contribution in [3.05, 3.63) is 29.8 Å². The van der Waals surface area contributed by atoms with Crippen LogP contribution in [0.5, 0.6) is 5.75 Å². The summed E-state index contributed by atoms with van der Waals surface area (Å²) >= 11 is 0. The van der Waals surface area contributed by atoms with E-state index in [1.807, 2.05) is 6.92 Å². The number of benzene rings is 1. The van der Waals surface area contributed by atoms with Gasteiger partial charge in [0.25, 0.3) is 0 Å². The van der Waals surface area contributed by atoms with Crippen LogP contribution in [0.15, 0.2) is 24.3 Å². The predicted molar refractivity (Wildman–Crippen MR) is 109 cm³/mol. The Hall–Kier alpha value is -3.14. The van der Waals surface area contributed by atoms with E-state index >= 15 is 0 Å². The normalized spacial score (nSPS) is 14.8. The van der Waals surface area contributed by atoms with Gasteiger partial charge in [0.15, 0.2) is 0 Å². The molecule has 0 saturated carbocycles. The van der Waals surface area contributed by atoms with E-state index in [0.717, 1.165) is 0 Å². The summed E-state index contributed by atoms with van der Waals surface area (Å²) in [6.07, 6.45) is 0.350. The summed E-state index contributed by atoms with van der Waals surface area (Å²) in [5.41, 5.74) is 11.6. The van der Waals surface area contributed by atoms with Crippen LogP contribution in [0.4, 0.5) is 0 Å². The Labute approximate surface area is 175 Å². The first-order valence-corrected chi connectivity index (χ1v) is 9.70. The SMILES string of the molecule is CCC(C)C(N)C(=O)NC(CCC(N)=O)C(=O)NC(Cc1ccc(O)cc1)C(=O)O. The molecule has 1 aromatic rings. The smallest absolute Gasteiger partial charge is 0.326 e. The van der Waals surface area contributed by atoms with Crippen molar-refractivity contribution < 1.29 is 29.4 Å². The van der Waals surface area contributed by atoms with Gasteiger partial charge in [-0.1, -0.05) is 32.4 Å². The standard InChI is InChI=1S/C20H30N4O6/c1-3-11(2)17(22)19(28)23-14(8-9-16(21)26)18(27)24-15(20(29)30)10-12-4-6-13(25)7-5-12/h4-7,11,14-15,17,25H,3,8-10,22H2,1-2H3,(H2,21,26)(H,23,28)(H,24,27)(H,29,30). The largest absolute Gasteiger partial charge is 0.508 e. The van der Waals surface area contributed by atoms with Gasteiger partial charge < -0.3 is 32.3 Å². The lowest BCUT2D eigenvalue weighted by molar-refractivity contribution is -0.142. The molecule has 0 aliphatic heterocycles. The highest BCUT2D eigenvalue weighted by Crippen LogP contribution is 2.12. The van der Waals surface area contributed by atoms with Crippen molar-refractivity contribution in [3.63, 3.8) is 0 Å². The van der Waals surface area contributed by atoms with Crippen LogP contribution >= 0.6 is 0 Å². The number of carboxylic acids is 1. The molecule has 10 heteroatoms. The van der Waals surface area contributed by atoms with E-state index in [9.17, 15) is 29.4 Å². The van der Waals surface area contributed by atoms with Crippen molar-refractivity contribution in [1.82, 2.24) is 10.6 Å². The molecule has 0 aromatic heterocycles. The van der Waals surface area contributed by atoms with Crippen molar-refractivity contribution in [2.24, 2.45) is 17.4 Å². The number of phenolic OH excluding ortho intramolecular Hbond substituents is 1. The predicted octanol–water partition coefficient (Wildman–Crippen LogP) is -0.372. The fourth-order valence-corrected chi connectivity index (χ4v) is 2.68. The van der Waals surface area contributed by atoms with Crippen molar-refractivity contribution >= 4 is 23.7 Å². The Morgan fingerprint density at radius 1 is 1.03 bits per heavy atom. The second kappa shape index (κ2) is 11.8. The average molecular weight is 422 g/mol. The maximum Gasteiger partial charge on any atom is 0.326 e. The summed E-state index contributed by atoms with van der Waals surface area (Å²) in [6.45, 7) is 3.66. The van der Waals surface area contributed by atoms with E-state index in [4.69, 9.17) is 11.5 Å². The number of hydrogen-bond acceptors (Lipinski definition) is 6. The maximum absolute atomic E-state index is 12.7. The Morgan fingerprint density at radius 3 is 2.10 bits per heavy atom. The number of carbonyl (C=O) groups is 4. The third-order valence-corrected chi connectivity index (χ3v) is 4.86. The van der Waals surface area contributed by atoms with E-state index in [0.29, 0.717) is 12.0 Å². The molecule has 10 nitrogen and oxygen atoms in total. The van der Waals surface area contributed by atoms with Crippen molar-refractivity contribution in [2.45, 2.75) is 57.7 Å². The first-order chi connectivity index (χ1) is 14.0. The van der Waals surface area contributed by atoms with Crippen LogP contribution in [0.2, 0.25) is 0 Å². The van der Waals surface area contributed by atoms with Gasteiger partial charge in [0.05, 0.1) is 6.04 Å². The molecule has 4 unspecified atom stereocenters. The number of aromatic hydroxyl groups is 1. The number of aliphatic carboxylic acids is 1. The first-order valence-electron chi connectivity index (χ1n) is 9.70. The fraction of sp³-hybridized carbons (Fsp3) is 0.500. The van der Waals surface area contributed by atoms with Gasteiger partial charge >= 0.3 is 5.97 Å². The number of carboxylic acid groups (broad SMARTS) is 1. The number of rotatable bonds is 12. The lowest BCUT2D eigenvalue weighted by Crippen LogP contribution is -2.55. The minimum absolute atomic E-state index is 0.0292. The Kier molecular flexibility index (Phi) is 9.76. The summed E-state index contributed by atoms with van der Waals surface area (Å²) in [6, 6.07) is 2.58. The van der Waals surface area contributed by atoms with E-state index in [1.165, 1.54) is 24.3 Å². The summed E-state index contributed by atoms with van der Waals surface area (Å²) in [5.74, 6) is -3.36. The number of hydrogen-bond donors (Lipinski definition) is 6. The molecule has 1 rings (SSSR count). The molecule has 0 radical (unpaired) electrons. The number of nitrogens with one attached hydrogen (secondary N) is 2. The van der Waals surface area contributed by atoms with Crippen LogP contribution in [0.1, 0.15) is 38.7 Å². The molecule has 0 bridgehead atoms. The minimum Gasteiger partial charge on any atom is -0.508 e. The van der Waals surface area contributed by atoms with E-state index in [2.05, 4.69) is 10.6 Å². The molecule has 0 spiro atoms. The average Bonchev–Trinajstić information content (AvgIpc) is 2.70. The van der Waals surface area contributed by atoms with Crippen LogP contribution in [0, 0.1) is 5.92 Å². The van der Waals surface area contributed by atoms with E-state index in [1.54, 1.807) is 6.92 Å². The van der Waals surface area contributed by atoms with Gasteiger partial charge in [-0.25, -0.2) is 4.79 Å². The number of nitrogens with two attached hydrogens (primary N) is 2. The molecule has 8 N–H and O–H groups in total. The Morgan fingerprint density at radius 2 is 1.60 bits per heavy atom. The lowest BCUT2D eigenvalue weighted by atomic mass is 9.98. The fourth-order valence-electron chi connectivity index (χ4n) is 2.68. The molecule has 0 saturated heterocycles.